The number of hydrogen-bond acceptors (Lipinski definition) is 4. The van der Waals surface area contributed by atoms with Gasteiger partial charge in [0.1, 0.15) is 5.75 Å². The van der Waals surface area contributed by atoms with Crippen LogP contribution in [0.5, 0.6) is 5.75 Å². The Bertz CT molecular complexity index is 666. The molecule has 0 aliphatic carbocycles. The zero-order chi connectivity index (χ0) is 18.0. The first-order valence-electron chi connectivity index (χ1n) is 7.98. The van der Waals surface area contributed by atoms with Crippen molar-refractivity contribution in [3.05, 3.63) is 29.3 Å². The third-order valence-electron chi connectivity index (χ3n) is 4.38. The first-order valence-corrected chi connectivity index (χ1v) is 9.39. The van der Waals surface area contributed by atoms with Gasteiger partial charge in [-0.2, -0.15) is 21.6 Å². The van der Waals surface area contributed by atoms with Gasteiger partial charge in [0.2, 0.25) is 0 Å². The lowest BCUT2D eigenvalue weighted by atomic mass is 9.86. The number of hydrogen-bond donors (Lipinski definition) is 0. The molecule has 1 saturated heterocycles. The van der Waals surface area contributed by atoms with Crippen LogP contribution in [0.2, 0.25) is 0 Å². The first-order chi connectivity index (χ1) is 11.2. The van der Waals surface area contributed by atoms with Crippen LogP contribution in [-0.4, -0.2) is 38.5 Å². The summed E-state index contributed by atoms with van der Waals surface area (Å²) in [6.07, 6.45) is 2.88. The number of piperidine rings is 1. The van der Waals surface area contributed by atoms with Gasteiger partial charge in [-0.15, -0.1) is 0 Å². The molecule has 0 saturated carbocycles. The fourth-order valence-electron chi connectivity index (χ4n) is 3.11. The smallest absolute Gasteiger partial charge is 0.376 e. The molecule has 2 rings (SSSR count). The van der Waals surface area contributed by atoms with Crippen LogP contribution in [0, 0.1) is 6.92 Å². The molecule has 0 radical (unpaired) electrons. The Balaban J connectivity index is 2.17. The van der Waals surface area contributed by atoms with Crippen molar-refractivity contribution < 1.29 is 25.8 Å². The van der Waals surface area contributed by atoms with Crippen LogP contribution in [0.25, 0.3) is 0 Å². The molecule has 0 spiro atoms. The van der Waals surface area contributed by atoms with Crippen LogP contribution >= 0.6 is 0 Å². The Hall–Kier alpha value is -1.28. The van der Waals surface area contributed by atoms with Crippen LogP contribution < -0.4 is 4.18 Å². The van der Waals surface area contributed by atoms with Gasteiger partial charge in [-0.25, -0.2) is 0 Å². The standard InChI is InChI=1S/C16H22F3NO3S/c1-3-9-20-10-7-13(8-11-20)14-5-4-6-15(12(14)2)23-24(21,22)16(17,18)19/h4-6,13H,3,7-11H2,1-2H3. The summed E-state index contributed by atoms with van der Waals surface area (Å²) in [6.45, 7) is 6.64. The number of nitrogens with zero attached hydrogens (tertiary/aromatic N) is 1. The minimum absolute atomic E-state index is 0.204. The highest BCUT2D eigenvalue weighted by molar-refractivity contribution is 7.88. The maximum atomic E-state index is 12.5. The molecule has 24 heavy (non-hydrogen) atoms. The highest BCUT2D eigenvalue weighted by Gasteiger charge is 2.48. The summed E-state index contributed by atoms with van der Waals surface area (Å²) in [5.41, 5.74) is -4.11. The van der Waals surface area contributed by atoms with Gasteiger partial charge in [-0.1, -0.05) is 19.1 Å². The van der Waals surface area contributed by atoms with E-state index in [4.69, 9.17) is 0 Å². The van der Waals surface area contributed by atoms with Crippen molar-refractivity contribution in [1.29, 1.82) is 0 Å². The van der Waals surface area contributed by atoms with Gasteiger partial charge in [0.05, 0.1) is 0 Å². The molecule has 0 atom stereocenters. The summed E-state index contributed by atoms with van der Waals surface area (Å²) >= 11 is 0. The van der Waals surface area contributed by atoms with Crippen molar-refractivity contribution in [2.24, 2.45) is 0 Å². The highest BCUT2D eigenvalue weighted by Crippen LogP contribution is 2.36. The maximum absolute atomic E-state index is 12.5. The zero-order valence-electron chi connectivity index (χ0n) is 13.8. The summed E-state index contributed by atoms with van der Waals surface area (Å²) in [5, 5.41) is 0. The van der Waals surface area contributed by atoms with E-state index in [1.54, 1.807) is 13.0 Å². The van der Waals surface area contributed by atoms with E-state index in [-0.39, 0.29) is 11.7 Å². The molecule has 1 aliphatic heterocycles. The topological polar surface area (TPSA) is 46.6 Å². The fourth-order valence-corrected chi connectivity index (χ4v) is 3.62. The predicted octanol–water partition coefficient (Wildman–Crippen LogP) is 3.81. The van der Waals surface area contributed by atoms with E-state index in [2.05, 4.69) is 16.0 Å². The molecule has 1 aliphatic rings. The second kappa shape index (κ2) is 7.31. The number of rotatable bonds is 5. The molecule has 4 nitrogen and oxygen atoms in total. The highest BCUT2D eigenvalue weighted by atomic mass is 32.2. The lowest BCUT2D eigenvalue weighted by molar-refractivity contribution is -0.0500. The average molecular weight is 365 g/mol. The maximum Gasteiger partial charge on any atom is 0.534 e. The van der Waals surface area contributed by atoms with E-state index < -0.39 is 15.6 Å². The van der Waals surface area contributed by atoms with Gasteiger partial charge in [0, 0.05) is 0 Å². The van der Waals surface area contributed by atoms with Gasteiger partial charge in [0.25, 0.3) is 0 Å². The largest absolute Gasteiger partial charge is 0.534 e. The molecule has 136 valence electrons. The third-order valence-corrected chi connectivity index (χ3v) is 5.34. The second-order valence-electron chi connectivity index (χ2n) is 6.07. The van der Waals surface area contributed by atoms with Gasteiger partial charge in [0.15, 0.2) is 0 Å². The van der Waals surface area contributed by atoms with E-state index in [1.165, 1.54) is 6.07 Å². The lowest BCUT2D eigenvalue weighted by Crippen LogP contribution is -2.33. The van der Waals surface area contributed by atoms with Crippen LogP contribution in [-0.2, 0) is 10.1 Å². The quantitative estimate of drug-likeness (QED) is 0.588. The molecular formula is C16H22F3NO3S. The zero-order valence-corrected chi connectivity index (χ0v) is 14.6. The Kier molecular flexibility index (Phi) is 5.80. The second-order valence-corrected chi connectivity index (χ2v) is 7.61. The molecule has 0 aromatic heterocycles. The van der Waals surface area contributed by atoms with Crippen molar-refractivity contribution in [3.8, 4) is 5.75 Å². The first kappa shape index (κ1) is 19.1. The molecule has 1 heterocycles. The molecule has 0 N–H and O–H groups in total. The fraction of sp³-hybridized carbons (Fsp3) is 0.625. The predicted molar refractivity (Wildman–Crippen MR) is 85.5 cm³/mol. The van der Waals surface area contributed by atoms with Crippen molar-refractivity contribution in [3.63, 3.8) is 0 Å². The van der Waals surface area contributed by atoms with Crippen molar-refractivity contribution >= 4 is 10.1 Å². The molecule has 1 fully saturated rings. The molecule has 1 aromatic rings. The molecule has 0 unspecified atom stereocenters. The van der Waals surface area contributed by atoms with Crippen LogP contribution in [0.15, 0.2) is 18.2 Å². The van der Waals surface area contributed by atoms with Crippen LogP contribution in [0.3, 0.4) is 0 Å². The van der Waals surface area contributed by atoms with Crippen LogP contribution in [0.4, 0.5) is 13.2 Å². The average Bonchev–Trinajstić information content (AvgIpc) is 2.49. The van der Waals surface area contributed by atoms with Crippen molar-refractivity contribution in [2.45, 2.75) is 44.5 Å². The Labute approximate surface area is 140 Å². The van der Waals surface area contributed by atoms with Crippen molar-refractivity contribution in [2.75, 3.05) is 19.6 Å². The summed E-state index contributed by atoms with van der Waals surface area (Å²) in [5.74, 6) is -0.0453. The Morgan fingerprint density at radius 3 is 2.42 bits per heavy atom. The summed E-state index contributed by atoms with van der Waals surface area (Å²) in [6, 6.07) is 4.64. The van der Waals surface area contributed by atoms with Gasteiger partial charge in [-0.3, -0.25) is 0 Å². The Morgan fingerprint density at radius 2 is 1.88 bits per heavy atom. The number of halogens is 3. The van der Waals surface area contributed by atoms with E-state index in [0.717, 1.165) is 44.5 Å². The van der Waals surface area contributed by atoms with Gasteiger partial charge >= 0.3 is 15.6 Å². The monoisotopic (exact) mass is 365 g/mol. The number of alkyl halides is 3. The lowest BCUT2D eigenvalue weighted by Gasteiger charge is -2.32. The Morgan fingerprint density at radius 1 is 1.25 bits per heavy atom. The third kappa shape index (κ3) is 4.22. The minimum atomic E-state index is -5.65. The summed E-state index contributed by atoms with van der Waals surface area (Å²) in [4.78, 5) is 2.36. The van der Waals surface area contributed by atoms with E-state index >= 15 is 0 Å². The van der Waals surface area contributed by atoms with Gasteiger partial charge in [-0.05, 0) is 68.9 Å². The van der Waals surface area contributed by atoms with Gasteiger partial charge < -0.3 is 9.08 Å². The molecule has 0 amide bonds. The normalized spacial score (nSPS) is 17.9. The van der Waals surface area contributed by atoms with E-state index in [1.807, 2.05) is 6.07 Å². The molecule has 0 bridgehead atoms. The molecular weight excluding hydrogens is 343 g/mol. The number of likely N-dealkylation sites (tertiary alicyclic amines) is 1. The summed E-state index contributed by atoms with van der Waals surface area (Å²) < 4.78 is 64.3. The van der Waals surface area contributed by atoms with Crippen molar-refractivity contribution in [1.82, 2.24) is 4.90 Å². The molecule has 8 heteroatoms. The summed E-state index contributed by atoms with van der Waals surface area (Å²) in [7, 11) is -5.65. The van der Waals surface area contributed by atoms with E-state index in [0.29, 0.717) is 5.56 Å². The van der Waals surface area contributed by atoms with Crippen LogP contribution in [0.1, 0.15) is 43.2 Å². The number of benzene rings is 1. The molecule has 1 aromatic carbocycles. The minimum Gasteiger partial charge on any atom is -0.376 e. The van der Waals surface area contributed by atoms with E-state index in [9.17, 15) is 21.6 Å². The SMILES string of the molecule is CCCN1CCC(c2cccc(OS(=O)(=O)C(F)(F)F)c2C)CC1.